The number of aliphatic hydroxyl groups is 1. The number of amides is 1. The molecule has 2 aromatic heterocycles. The molecule has 1 fully saturated rings. The molecule has 0 saturated carbocycles. The Balaban J connectivity index is 1.67. The third-order valence-electron chi connectivity index (χ3n) is 5.00. The molecule has 10 heteroatoms. The molecule has 0 bridgehead atoms. The minimum absolute atomic E-state index is 0.0561. The van der Waals surface area contributed by atoms with E-state index in [1.165, 1.54) is 4.68 Å². The minimum Gasteiger partial charge on any atom is -0.379 e. The van der Waals surface area contributed by atoms with Crippen molar-refractivity contribution >= 4 is 16.8 Å². The number of rotatable bonds is 2. The number of aromatic nitrogens is 4. The molecule has 3 heterocycles. The molecule has 146 valence electrons. The number of hydrogen-bond donors (Lipinski definition) is 1. The SMILES string of the molecule is Cc1c(C(=O)N2CCC(O)(C(F)(F)F)C2)nnn1-c1cccc2cccnc12. The lowest BCUT2D eigenvalue weighted by molar-refractivity contribution is -0.253. The molecule has 1 saturated heterocycles. The van der Waals surface area contributed by atoms with Crippen LogP contribution in [0.5, 0.6) is 0 Å². The van der Waals surface area contributed by atoms with Crippen molar-refractivity contribution < 1.29 is 23.1 Å². The van der Waals surface area contributed by atoms with Crippen LogP contribution in [-0.4, -0.2) is 60.8 Å². The summed E-state index contributed by atoms with van der Waals surface area (Å²) in [4.78, 5) is 18.0. The molecule has 0 radical (unpaired) electrons. The molecule has 0 aliphatic carbocycles. The lowest BCUT2D eigenvalue weighted by Gasteiger charge is -2.25. The molecule has 1 amide bonds. The number of halogens is 3. The van der Waals surface area contributed by atoms with E-state index in [4.69, 9.17) is 0 Å². The molecule has 1 N–H and O–H groups in total. The Morgan fingerprint density at radius 1 is 1.25 bits per heavy atom. The number of nitrogens with zero attached hydrogens (tertiary/aromatic N) is 5. The third-order valence-corrected chi connectivity index (χ3v) is 5.00. The van der Waals surface area contributed by atoms with E-state index in [-0.39, 0.29) is 12.2 Å². The Bertz CT molecular complexity index is 1060. The zero-order chi connectivity index (χ0) is 20.1. The number of fused-ring (bicyclic) bond motifs is 1. The van der Waals surface area contributed by atoms with Gasteiger partial charge in [0.1, 0.15) is 0 Å². The van der Waals surface area contributed by atoms with Crippen molar-refractivity contribution in [3.05, 3.63) is 47.9 Å². The molecule has 1 atom stereocenters. The Morgan fingerprint density at radius 3 is 2.71 bits per heavy atom. The van der Waals surface area contributed by atoms with Gasteiger partial charge in [0.2, 0.25) is 0 Å². The van der Waals surface area contributed by atoms with Crippen molar-refractivity contribution in [2.45, 2.75) is 25.1 Å². The lowest BCUT2D eigenvalue weighted by Crippen LogP contribution is -2.48. The van der Waals surface area contributed by atoms with Gasteiger partial charge in [-0.05, 0) is 19.1 Å². The summed E-state index contributed by atoms with van der Waals surface area (Å²) in [5.41, 5.74) is -1.31. The summed E-state index contributed by atoms with van der Waals surface area (Å²) in [7, 11) is 0. The highest BCUT2D eigenvalue weighted by atomic mass is 19.4. The van der Waals surface area contributed by atoms with E-state index in [2.05, 4.69) is 15.3 Å². The van der Waals surface area contributed by atoms with E-state index in [0.717, 1.165) is 10.3 Å². The summed E-state index contributed by atoms with van der Waals surface area (Å²) in [6, 6.07) is 9.14. The van der Waals surface area contributed by atoms with Crippen molar-refractivity contribution in [1.82, 2.24) is 24.9 Å². The Labute approximate surface area is 157 Å². The van der Waals surface area contributed by atoms with Crippen LogP contribution in [0.25, 0.3) is 16.6 Å². The number of carbonyl (C=O) groups excluding carboxylic acids is 1. The second-order valence-electron chi connectivity index (χ2n) is 6.79. The first-order chi connectivity index (χ1) is 13.2. The van der Waals surface area contributed by atoms with Crippen LogP contribution in [0.15, 0.2) is 36.5 Å². The normalized spacial score (nSPS) is 20.1. The standard InChI is InChI=1S/C18H16F3N5O2/c1-11-14(16(27)25-9-7-17(28,10-25)18(19,20)21)23-24-26(11)13-6-2-4-12-5-3-8-22-15(12)13/h2-6,8,28H,7,9-10H2,1H3. The van der Waals surface area contributed by atoms with Gasteiger partial charge in [-0.1, -0.05) is 23.4 Å². The number of hydrogen-bond acceptors (Lipinski definition) is 5. The van der Waals surface area contributed by atoms with E-state index in [9.17, 15) is 23.1 Å². The van der Waals surface area contributed by atoms with E-state index in [0.29, 0.717) is 16.9 Å². The highest BCUT2D eigenvalue weighted by molar-refractivity contribution is 5.94. The Hall–Kier alpha value is -3.01. The predicted molar refractivity (Wildman–Crippen MR) is 92.9 cm³/mol. The summed E-state index contributed by atoms with van der Waals surface area (Å²) in [5, 5.41) is 18.6. The highest BCUT2D eigenvalue weighted by Gasteiger charge is 2.58. The average Bonchev–Trinajstić information content (AvgIpc) is 3.24. The van der Waals surface area contributed by atoms with Crippen LogP contribution < -0.4 is 0 Å². The molecule has 1 aliphatic heterocycles. The third kappa shape index (κ3) is 2.80. The van der Waals surface area contributed by atoms with Gasteiger partial charge in [-0.15, -0.1) is 5.10 Å². The lowest BCUT2D eigenvalue weighted by atomic mass is 10.0. The van der Waals surface area contributed by atoms with Crippen LogP contribution in [0, 0.1) is 6.92 Å². The van der Waals surface area contributed by atoms with Crippen LogP contribution in [0.4, 0.5) is 13.2 Å². The highest BCUT2D eigenvalue weighted by Crippen LogP contribution is 2.38. The first-order valence-corrected chi connectivity index (χ1v) is 8.56. The fourth-order valence-electron chi connectivity index (χ4n) is 3.36. The van der Waals surface area contributed by atoms with Crippen LogP contribution in [-0.2, 0) is 0 Å². The quantitative estimate of drug-likeness (QED) is 0.725. The van der Waals surface area contributed by atoms with Crippen LogP contribution >= 0.6 is 0 Å². The Morgan fingerprint density at radius 2 is 2.00 bits per heavy atom. The van der Waals surface area contributed by atoms with Gasteiger partial charge in [-0.2, -0.15) is 13.2 Å². The number of β-amino-alcohol motifs (C(OH)–C–C–N with tert-alkyl or cyclic N) is 1. The zero-order valence-electron chi connectivity index (χ0n) is 14.8. The zero-order valence-corrected chi connectivity index (χ0v) is 14.8. The molecule has 4 rings (SSSR count). The molecular weight excluding hydrogens is 375 g/mol. The summed E-state index contributed by atoms with van der Waals surface area (Å²) in [6.45, 7) is 0.579. The van der Waals surface area contributed by atoms with E-state index in [1.54, 1.807) is 25.3 Å². The monoisotopic (exact) mass is 391 g/mol. The van der Waals surface area contributed by atoms with E-state index < -0.39 is 30.7 Å². The van der Waals surface area contributed by atoms with Gasteiger partial charge in [0, 0.05) is 24.5 Å². The number of likely N-dealkylation sites (tertiary alicyclic amines) is 1. The maximum absolute atomic E-state index is 13.0. The van der Waals surface area contributed by atoms with E-state index in [1.807, 2.05) is 18.2 Å². The fourth-order valence-corrected chi connectivity index (χ4v) is 3.36. The van der Waals surface area contributed by atoms with E-state index >= 15 is 0 Å². The van der Waals surface area contributed by atoms with Crippen LogP contribution in [0.2, 0.25) is 0 Å². The maximum Gasteiger partial charge on any atom is 0.419 e. The molecular formula is C18H16F3N5O2. The molecule has 0 spiro atoms. The van der Waals surface area contributed by atoms with Crippen molar-refractivity contribution in [1.29, 1.82) is 0 Å². The van der Waals surface area contributed by atoms with Crippen molar-refractivity contribution in [2.24, 2.45) is 0 Å². The number of carbonyl (C=O) groups is 1. The average molecular weight is 391 g/mol. The first-order valence-electron chi connectivity index (χ1n) is 8.56. The summed E-state index contributed by atoms with van der Waals surface area (Å²) in [5.74, 6) is -0.697. The van der Waals surface area contributed by atoms with Gasteiger partial charge in [-0.25, -0.2) is 4.68 Å². The molecule has 7 nitrogen and oxygen atoms in total. The Kier molecular flexibility index (Phi) is 4.11. The second kappa shape index (κ2) is 6.26. The molecule has 1 aliphatic rings. The van der Waals surface area contributed by atoms with Crippen molar-refractivity contribution in [3.63, 3.8) is 0 Å². The van der Waals surface area contributed by atoms with Crippen molar-refractivity contribution in [2.75, 3.05) is 13.1 Å². The van der Waals surface area contributed by atoms with Gasteiger partial charge >= 0.3 is 6.18 Å². The number of para-hydroxylation sites is 1. The van der Waals surface area contributed by atoms with Gasteiger partial charge in [0.05, 0.1) is 23.4 Å². The number of benzene rings is 1. The van der Waals surface area contributed by atoms with Gasteiger partial charge < -0.3 is 10.0 Å². The minimum atomic E-state index is -4.80. The topological polar surface area (TPSA) is 84.1 Å². The largest absolute Gasteiger partial charge is 0.419 e. The predicted octanol–water partition coefficient (Wildman–Crippen LogP) is 2.26. The van der Waals surface area contributed by atoms with Gasteiger partial charge in [0.25, 0.3) is 5.91 Å². The van der Waals surface area contributed by atoms with Crippen molar-refractivity contribution in [3.8, 4) is 5.69 Å². The summed E-state index contributed by atoms with van der Waals surface area (Å²) in [6.07, 6.45) is -3.74. The summed E-state index contributed by atoms with van der Waals surface area (Å²) < 4.78 is 40.5. The smallest absolute Gasteiger partial charge is 0.379 e. The first kappa shape index (κ1) is 18.4. The van der Waals surface area contributed by atoms with Crippen LogP contribution in [0.3, 0.4) is 0 Å². The molecule has 1 unspecified atom stereocenters. The van der Waals surface area contributed by atoms with Gasteiger partial charge in [0.15, 0.2) is 11.3 Å². The van der Waals surface area contributed by atoms with Crippen LogP contribution in [0.1, 0.15) is 22.6 Å². The summed E-state index contributed by atoms with van der Waals surface area (Å²) >= 11 is 0. The molecule has 28 heavy (non-hydrogen) atoms. The fraction of sp³-hybridized carbons (Fsp3) is 0.333. The number of pyridine rings is 1. The second-order valence-corrected chi connectivity index (χ2v) is 6.79. The molecule has 3 aromatic rings. The van der Waals surface area contributed by atoms with Gasteiger partial charge in [-0.3, -0.25) is 9.78 Å². The molecule has 1 aromatic carbocycles. The maximum atomic E-state index is 13.0. The number of alkyl halides is 3.